The molecule has 0 bridgehead atoms. The van der Waals surface area contributed by atoms with Gasteiger partial charge in [0.05, 0.1) is 33.0 Å². The minimum absolute atomic E-state index is 0.483. The van der Waals surface area contributed by atoms with Crippen LogP contribution in [0.4, 0.5) is 0 Å². The zero-order valence-electron chi connectivity index (χ0n) is 10.5. The van der Waals surface area contributed by atoms with Crippen molar-refractivity contribution in [3.8, 4) is 0 Å². The highest BCUT2D eigenvalue weighted by molar-refractivity contribution is 5.06. The lowest BCUT2D eigenvalue weighted by Gasteiger charge is -2.04. The Morgan fingerprint density at radius 3 is 2.53 bits per heavy atom. The molecule has 0 unspecified atom stereocenters. The molecule has 0 spiro atoms. The molecular formula is C12H21NO4. The van der Waals surface area contributed by atoms with E-state index in [-0.39, 0.29) is 0 Å². The van der Waals surface area contributed by atoms with E-state index in [4.69, 9.17) is 18.6 Å². The van der Waals surface area contributed by atoms with Crippen molar-refractivity contribution in [3.63, 3.8) is 0 Å². The number of furan rings is 1. The van der Waals surface area contributed by atoms with Gasteiger partial charge in [-0.25, -0.2) is 0 Å². The third-order valence-electron chi connectivity index (χ3n) is 2.12. The normalized spacial score (nSPS) is 10.9. The van der Waals surface area contributed by atoms with Gasteiger partial charge in [-0.05, 0) is 19.2 Å². The quantitative estimate of drug-likeness (QED) is 0.625. The maximum Gasteiger partial charge on any atom is 0.129 e. The fourth-order valence-electron chi connectivity index (χ4n) is 1.30. The van der Waals surface area contributed by atoms with Gasteiger partial charge in [-0.2, -0.15) is 0 Å². The average molecular weight is 243 g/mol. The molecule has 1 heterocycles. The zero-order chi connectivity index (χ0) is 12.3. The molecule has 0 aliphatic rings. The van der Waals surface area contributed by atoms with Gasteiger partial charge in [0, 0.05) is 7.11 Å². The highest BCUT2D eigenvalue weighted by Crippen LogP contribution is 2.08. The Labute approximate surface area is 102 Å². The van der Waals surface area contributed by atoms with Gasteiger partial charge in [0.2, 0.25) is 0 Å². The van der Waals surface area contributed by atoms with Gasteiger partial charge in [-0.1, -0.05) is 0 Å². The standard InChI is InChI=1S/C12H21NO4/c1-13-9-11-3-4-12(17-11)10-16-8-7-15-6-5-14-2/h3-4,13H,5-10H2,1-2H3. The van der Waals surface area contributed by atoms with E-state index in [1.54, 1.807) is 7.11 Å². The molecule has 0 aliphatic carbocycles. The molecule has 0 amide bonds. The number of hydrogen-bond acceptors (Lipinski definition) is 5. The topological polar surface area (TPSA) is 52.9 Å². The summed E-state index contributed by atoms with van der Waals surface area (Å²) in [5, 5.41) is 3.03. The van der Waals surface area contributed by atoms with Crippen LogP contribution in [-0.2, 0) is 27.4 Å². The average Bonchev–Trinajstić information content (AvgIpc) is 2.76. The fourth-order valence-corrected chi connectivity index (χ4v) is 1.30. The van der Waals surface area contributed by atoms with Crippen molar-refractivity contribution in [1.82, 2.24) is 5.32 Å². The molecule has 1 aromatic heterocycles. The van der Waals surface area contributed by atoms with Crippen molar-refractivity contribution in [2.45, 2.75) is 13.2 Å². The number of methoxy groups -OCH3 is 1. The lowest BCUT2D eigenvalue weighted by molar-refractivity contribution is 0.0160. The summed E-state index contributed by atoms with van der Waals surface area (Å²) < 4.78 is 21.1. The van der Waals surface area contributed by atoms with Crippen molar-refractivity contribution < 1.29 is 18.6 Å². The Morgan fingerprint density at radius 2 is 1.76 bits per heavy atom. The first kappa shape index (κ1) is 14.2. The molecular weight excluding hydrogens is 222 g/mol. The third-order valence-corrected chi connectivity index (χ3v) is 2.12. The molecule has 1 rings (SSSR count). The lowest BCUT2D eigenvalue weighted by atomic mass is 10.4. The van der Waals surface area contributed by atoms with Crippen molar-refractivity contribution >= 4 is 0 Å². The van der Waals surface area contributed by atoms with Gasteiger partial charge in [0.1, 0.15) is 18.1 Å². The molecule has 1 N–H and O–H groups in total. The largest absolute Gasteiger partial charge is 0.462 e. The molecule has 0 aromatic carbocycles. The second-order valence-corrected chi connectivity index (χ2v) is 3.56. The highest BCUT2D eigenvalue weighted by atomic mass is 16.5. The Balaban J connectivity index is 2.01. The number of ether oxygens (including phenoxy) is 3. The van der Waals surface area contributed by atoms with Crippen LogP contribution in [0.5, 0.6) is 0 Å². The first-order valence-corrected chi connectivity index (χ1v) is 5.73. The van der Waals surface area contributed by atoms with Crippen LogP contribution in [-0.4, -0.2) is 40.6 Å². The van der Waals surface area contributed by atoms with E-state index >= 15 is 0 Å². The summed E-state index contributed by atoms with van der Waals surface area (Å²) in [5.41, 5.74) is 0. The summed E-state index contributed by atoms with van der Waals surface area (Å²) >= 11 is 0. The van der Waals surface area contributed by atoms with E-state index in [9.17, 15) is 0 Å². The van der Waals surface area contributed by atoms with Crippen LogP contribution in [0.2, 0.25) is 0 Å². The summed E-state index contributed by atoms with van der Waals surface area (Å²) in [6.45, 7) is 3.58. The van der Waals surface area contributed by atoms with E-state index in [0.717, 1.165) is 18.1 Å². The summed E-state index contributed by atoms with van der Waals surface area (Å²) in [6, 6.07) is 3.88. The van der Waals surface area contributed by atoms with E-state index in [2.05, 4.69) is 5.32 Å². The first-order valence-electron chi connectivity index (χ1n) is 5.73. The lowest BCUT2D eigenvalue weighted by Crippen LogP contribution is -2.08. The Kier molecular flexibility index (Phi) is 7.66. The van der Waals surface area contributed by atoms with Crippen LogP contribution in [0, 0.1) is 0 Å². The van der Waals surface area contributed by atoms with Crippen LogP contribution in [0.15, 0.2) is 16.5 Å². The summed E-state index contributed by atoms with van der Waals surface area (Å²) in [7, 11) is 3.54. The van der Waals surface area contributed by atoms with Crippen LogP contribution >= 0.6 is 0 Å². The summed E-state index contributed by atoms with van der Waals surface area (Å²) in [5.74, 6) is 1.76. The minimum Gasteiger partial charge on any atom is -0.462 e. The van der Waals surface area contributed by atoms with Gasteiger partial charge in [0.25, 0.3) is 0 Å². The van der Waals surface area contributed by atoms with Crippen LogP contribution in [0.1, 0.15) is 11.5 Å². The highest BCUT2D eigenvalue weighted by Gasteiger charge is 2.01. The molecule has 0 saturated heterocycles. The maximum absolute atomic E-state index is 5.52. The van der Waals surface area contributed by atoms with E-state index < -0.39 is 0 Å². The summed E-state index contributed by atoms with van der Waals surface area (Å²) in [6.07, 6.45) is 0. The third kappa shape index (κ3) is 6.43. The van der Waals surface area contributed by atoms with Crippen molar-refractivity contribution in [2.75, 3.05) is 40.6 Å². The van der Waals surface area contributed by atoms with Crippen LogP contribution < -0.4 is 5.32 Å². The van der Waals surface area contributed by atoms with Gasteiger partial charge in [0.15, 0.2) is 0 Å². The molecule has 98 valence electrons. The Morgan fingerprint density at radius 1 is 1.06 bits per heavy atom. The first-order chi connectivity index (χ1) is 8.36. The monoisotopic (exact) mass is 243 g/mol. The smallest absolute Gasteiger partial charge is 0.129 e. The SMILES string of the molecule is CNCc1ccc(COCCOCCOC)o1. The summed E-state index contributed by atoms with van der Waals surface area (Å²) in [4.78, 5) is 0. The van der Waals surface area contributed by atoms with E-state index in [0.29, 0.717) is 33.0 Å². The van der Waals surface area contributed by atoms with Gasteiger partial charge < -0.3 is 23.9 Å². The van der Waals surface area contributed by atoms with Crippen molar-refractivity contribution in [3.05, 3.63) is 23.7 Å². The van der Waals surface area contributed by atoms with Crippen molar-refractivity contribution in [2.24, 2.45) is 0 Å². The molecule has 1 aromatic rings. The van der Waals surface area contributed by atoms with Gasteiger partial charge in [-0.15, -0.1) is 0 Å². The minimum atomic E-state index is 0.483. The molecule has 17 heavy (non-hydrogen) atoms. The van der Waals surface area contributed by atoms with Crippen LogP contribution in [0.25, 0.3) is 0 Å². The molecule has 0 radical (unpaired) electrons. The van der Waals surface area contributed by atoms with Gasteiger partial charge >= 0.3 is 0 Å². The molecule has 5 nitrogen and oxygen atoms in total. The number of nitrogens with one attached hydrogen (secondary N) is 1. The predicted octanol–water partition coefficient (Wildman–Crippen LogP) is 1.18. The molecule has 0 saturated carbocycles. The second-order valence-electron chi connectivity index (χ2n) is 3.56. The Hall–Kier alpha value is -0.880. The number of rotatable bonds is 10. The van der Waals surface area contributed by atoms with Gasteiger partial charge in [-0.3, -0.25) is 0 Å². The molecule has 0 atom stereocenters. The Bertz CT molecular complexity index is 288. The maximum atomic E-state index is 5.52. The second kappa shape index (κ2) is 9.18. The van der Waals surface area contributed by atoms with Crippen LogP contribution in [0.3, 0.4) is 0 Å². The zero-order valence-corrected chi connectivity index (χ0v) is 10.5. The predicted molar refractivity (Wildman–Crippen MR) is 63.8 cm³/mol. The van der Waals surface area contributed by atoms with E-state index in [1.807, 2.05) is 19.2 Å². The van der Waals surface area contributed by atoms with E-state index in [1.165, 1.54) is 0 Å². The van der Waals surface area contributed by atoms with Crippen molar-refractivity contribution in [1.29, 1.82) is 0 Å². The fraction of sp³-hybridized carbons (Fsp3) is 0.667. The number of hydrogen-bond donors (Lipinski definition) is 1. The molecule has 0 fully saturated rings. The molecule has 5 heteroatoms. The molecule has 0 aliphatic heterocycles.